The van der Waals surface area contributed by atoms with Gasteiger partial charge in [0.05, 0.1) is 12.6 Å². The van der Waals surface area contributed by atoms with Crippen molar-refractivity contribution < 1.29 is 33.8 Å². The maximum Gasteiger partial charge on any atom is 0.407 e. The summed E-state index contributed by atoms with van der Waals surface area (Å²) in [5.74, 6) is -1.31. The Morgan fingerprint density at radius 3 is 1.25 bits per heavy atom. The lowest BCUT2D eigenvalue weighted by atomic mass is 9.98. The highest BCUT2D eigenvalue weighted by atomic mass is 16.6. The van der Waals surface area contributed by atoms with Crippen molar-refractivity contribution in [2.75, 3.05) is 26.4 Å². The van der Waals surface area contributed by atoms with E-state index in [0.717, 1.165) is 77.2 Å². The van der Waals surface area contributed by atoms with Crippen molar-refractivity contribution in [2.24, 2.45) is 0 Å². The third-order valence-electron chi connectivity index (χ3n) is 13.8. The molecule has 0 saturated carbocycles. The van der Waals surface area contributed by atoms with Crippen LogP contribution < -0.4 is 21.3 Å². The Kier molecular flexibility index (Phi) is 13.8. The minimum Gasteiger partial charge on any atom is -0.449 e. The Balaban J connectivity index is 0.797. The first-order valence-corrected chi connectivity index (χ1v) is 24.2. The second-order valence-corrected chi connectivity index (χ2v) is 18.3. The van der Waals surface area contributed by atoms with E-state index in [0.29, 0.717) is 0 Å². The molecule has 0 saturated heterocycles. The molecule has 71 heavy (non-hydrogen) atoms. The van der Waals surface area contributed by atoms with Crippen molar-refractivity contribution in [3.8, 4) is 22.3 Å². The van der Waals surface area contributed by atoms with E-state index in [4.69, 9.17) is 9.47 Å². The van der Waals surface area contributed by atoms with E-state index in [-0.39, 0.29) is 50.9 Å². The molecule has 0 spiro atoms. The van der Waals surface area contributed by atoms with Gasteiger partial charge in [-0.3, -0.25) is 9.59 Å². The number of fused-ring (bicyclic) bond motifs is 8. The molecule has 356 valence electrons. The molecule has 8 aromatic rings. The molecule has 0 aromatic heterocycles. The molecule has 5 N–H and O–H groups in total. The summed E-state index contributed by atoms with van der Waals surface area (Å²) in [7, 11) is 0. The topological polar surface area (TPSA) is 155 Å². The highest BCUT2D eigenvalue weighted by molar-refractivity contribution is 5.89. The summed E-state index contributed by atoms with van der Waals surface area (Å²) in [6.07, 6.45) is -1.00. The summed E-state index contributed by atoms with van der Waals surface area (Å²) < 4.78 is 11.7. The number of nitrogens with one attached hydrogen (secondary N) is 4. The number of amides is 4. The molecule has 0 bridgehead atoms. The van der Waals surface area contributed by atoms with Gasteiger partial charge in [0.1, 0.15) is 25.3 Å². The van der Waals surface area contributed by atoms with Crippen LogP contribution in [0.4, 0.5) is 9.59 Å². The van der Waals surface area contributed by atoms with Crippen molar-refractivity contribution >= 4 is 45.5 Å². The van der Waals surface area contributed by atoms with Crippen molar-refractivity contribution in [1.82, 2.24) is 21.3 Å². The van der Waals surface area contributed by atoms with E-state index in [9.17, 15) is 24.3 Å². The molecule has 0 unspecified atom stereocenters. The zero-order valence-electron chi connectivity index (χ0n) is 39.1. The number of carbonyl (C=O) groups is 4. The fourth-order valence-electron chi connectivity index (χ4n) is 10.2. The van der Waals surface area contributed by atoms with E-state index in [2.05, 4.69) is 45.5 Å². The van der Waals surface area contributed by atoms with Gasteiger partial charge in [-0.05, 0) is 83.6 Å². The van der Waals surface area contributed by atoms with E-state index in [1.807, 2.05) is 158 Å². The Labute approximate surface area is 412 Å². The molecule has 11 nitrogen and oxygen atoms in total. The number of ether oxygens (including phenoxy) is 2. The molecular weight excluding hydrogens is 889 g/mol. The van der Waals surface area contributed by atoms with E-state index in [1.165, 1.54) is 0 Å². The van der Waals surface area contributed by atoms with E-state index < -0.39 is 48.7 Å². The van der Waals surface area contributed by atoms with Crippen molar-refractivity contribution in [3.05, 3.63) is 215 Å². The number of carbonyl (C=O) groups excluding carboxylic acids is 4. The smallest absolute Gasteiger partial charge is 0.407 e. The number of aliphatic hydroxyl groups excluding tert-OH is 1. The number of rotatable bonds is 17. The van der Waals surface area contributed by atoms with Gasteiger partial charge in [-0.25, -0.2) is 9.59 Å². The van der Waals surface area contributed by atoms with Crippen LogP contribution in [0.1, 0.15) is 51.6 Å². The van der Waals surface area contributed by atoms with Crippen LogP contribution in [0.3, 0.4) is 0 Å². The number of aliphatic hydroxyl groups is 1. The first-order chi connectivity index (χ1) is 34.8. The predicted molar refractivity (Wildman–Crippen MR) is 276 cm³/mol. The monoisotopic (exact) mass is 942 g/mol. The Bertz CT molecular complexity index is 3170. The average Bonchev–Trinajstić information content (AvgIpc) is 3.90. The van der Waals surface area contributed by atoms with Gasteiger partial charge in [-0.15, -0.1) is 0 Å². The average molecular weight is 943 g/mol. The van der Waals surface area contributed by atoms with Crippen LogP contribution in [-0.2, 0) is 31.9 Å². The van der Waals surface area contributed by atoms with Gasteiger partial charge >= 0.3 is 12.2 Å². The minimum atomic E-state index is -1.07. The van der Waals surface area contributed by atoms with Gasteiger partial charge in [0, 0.05) is 31.2 Å². The first kappa shape index (κ1) is 46.4. The lowest BCUT2D eigenvalue weighted by Gasteiger charge is -2.24. The molecule has 0 fully saturated rings. The van der Waals surface area contributed by atoms with Crippen LogP contribution in [0.15, 0.2) is 182 Å². The number of hydrogen-bond acceptors (Lipinski definition) is 7. The summed E-state index contributed by atoms with van der Waals surface area (Å²) in [4.78, 5) is 55.5. The number of alkyl carbamates (subject to hydrolysis) is 2. The van der Waals surface area contributed by atoms with Crippen LogP contribution >= 0.6 is 0 Å². The summed E-state index contributed by atoms with van der Waals surface area (Å²) in [6.45, 7) is -0.227. The zero-order chi connectivity index (χ0) is 48.7. The summed E-state index contributed by atoms with van der Waals surface area (Å²) in [5, 5.41) is 26.1. The van der Waals surface area contributed by atoms with Crippen molar-refractivity contribution in [3.63, 3.8) is 0 Å². The SMILES string of the molecule is O=C(N[C@@H](Cc1ccc2ccccc2c1)C(=O)NCC[C@@H](CO)NC(=O)[C@H](Cc1ccc2ccccc2c1)NC(=O)OCC1c2ccccc2-c2ccccc21)OCC1c2ccccc2-c2ccccc21. The highest BCUT2D eigenvalue weighted by Gasteiger charge is 2.32. The number of benzene rings is 8. The molecular formula is C60H54N4O7. The van der Waals surface area contributed by atoms with Gasteiger partial charge in [-0.2, -0.15) is 0 Å². The standard InChI is InChI=1S/C60H54N4O7/c65-35-44(62-58(67)56(34-39-26-28-41-14-2-4-16-43(41)32-39)64-60(69)71-37-54-51-23-11-7-19-47(51)48-20-8-12-24-52(48)54)29-30-61-57(66)55(33-38-25-27-40-13-1-3-15-42(40)31-38)63-59(68)70-36-53-49-21-9-5-17-45(49)46-18-6-10-22-50(46)53/h1-28,31-32,44,53-56,65H,29-30,33-37H2,(H,61,66)(H,62,67)(H,63,68)(H,64,69)/t44-,55-,56-/m0/s1. The third kappa shape index (κ3) is 10.4. The molecule has 10 rings (SSSR count). The van der Waals surface area contributed by atoms with Crippen LogP contribution in [0.5, 0.6) is 0 Å². The lowest BCUT2D eigenvalue weighted by Crippen LogP contribution is -2.52. The minimum absolute atomic E-state index is 0.0556. The number of hydrogen-bond donors (Lipinski definition) is 5. The first-order valence-electron chi connectivity index (χ1n) is 24.2. The van der Waals surface area contributed by atoms with Gasteiger partial charge in [0.15, 0.2) is 0 Å². The molecule has 3 atom stereocenters. The normalized spacial score (nSPS) is 13.8. The zero-order valence-corrected chi connectivity index (χ0v) is 39.1. The third-order valence-corrected chi connectivity index (χ3v) is 13.8. The van der Waals surface area contributed by atoms with Crippen LogP contribution in [-0.4, -0.2) is 73.6 Å². The quantitative estimate of drug-likeness (QED) is 0.0609. The summed E-state index contributed by atoms with van der Waals surface area (Å²) in [5.41, 5.74) is 10.4. The van der Waals surface area contributed by atoms with Crippen molar-refractivity contribution in [1.29, 1.82) is 0 Å². The second-order valence-electron chi connectivity index (χ2n) is 18.3. The Morgan fingerprint density at radius 2 is 0.831 bits per heavy atom. The summed E-state index contributed by atoms with van der Waals surface area (Å²) in [6, 6.07) is 57.1. The molecule has 2 aliphatic carbocycles. The fraction of sp³-hybridized carbons (Fsp3) is 0.200. The predicted octanol–water partition coefficient (Wildman–Crippen LogP) is 9.58. The van der Waals surface area contributed by atoms with Crippen LogP contribution in [0.25, 0.3) is 43.8 Å². The Morgan fingerprint density at radius 1 is 0.451 bits per heavy atom. The summed E-state index contributed by atoms with van der Waals surface area (Å²) >= 11 is 0. The van der Waals surface area contributed by atoms with Crippen molar-refractivity contribution in [2.45, 2.75) is 49.2 Å². The molecule has 0 aliphatic heterocycles. The fourth-order valence-corrected chi connectivity index (χ4v) is 10.2. The van der Waals surface area contributed by atoms with Gasteiger partial charge in [0.2, 0.25) is 11.8 Å². The largest absolute Gasteiger partial charge is 0.449 e. The molecule has 0 radical (unpaired) electrons. The highest BCUT2D eigenvalue weighted by Crippen LogP contribution is 2.45. The van der Waals surface area contributed by atoms with E-state index in [1.54, 1.807) is 0 Å². The van der Waals surface area contributed by atoms with Gasteiger partial charge < -0.3 is 35.8 Å². The molecule has 4 amide bonds. The van der Waals surface area contributed by atoms with E-state index >= 15 is 0 Å². The molecule has 0 heterocycles. The maximum atomic E-state index is 14.2. The van der Waals surface area contributed by atoms with Crippen LogP contribution in [0.2, 0.25) is 0 Å². The van der Waals surface area contributed by atoms with Crippen LogP contribution in [0, 0.1) is 0 Å². The van der Waals surface area contributed by atoms with Gasteiger partial charge in [-0.1, -0.05) is 182 Å². The second kappa shape index (κ2) is 21.2. The molecule has 8 aromatic carbocycles. The Hall–Kier alpha value is -8.28. The maximum absolute atomic E-state index is 14.2. The van der Waals surface area contributed by atoms with Gasteiger partial charge in [0.25, 0.3) is 0 Å². The lowest BCUT2D eigenvalue weighted by molar-refractivity contribution is -0.124. The molecule has 2 aliphatic rings. The molecule has 11 heteroatoms.